The quantitative estimate of drug-likeness (QED) is 0.694. The summed E-state index contributed by atoms with van der Waals surface area (Å²) in [4.78, 5) is 16.7. The molecule has 1 aromatic carbocycles. The van der Waals surface area contributed by atoms with E-state index in [2.05, 4.69) is 23.9 Å². The molecule has 152 valence electrons. The Kier molecular flexibility index (Phi) is 7.06. The van der Waals surface area contributed by atoms with Crippen LogP contribution in [0.15, 0.2) is 34.9 Å². The van der Waals surface area contributed by atoms with Crippen molar-refractivity contribution < 1.29 is 18.8 Å². The first-order valence-electron chi connectivity index (χ1n) is 9.80. The van der Waals surface area contributed by atoms with Gasteiger partial charge in [0.05, 0.1) is 25.3 Å². The van der Waals surface area contributed by atoms with Gasteiger partial charge in [0.25, 0.3) is 0 Å². The van der Waals surface area contributed by atoms with E-state index in [0.29, 0.717) is 19.8 Å². The highest BCUT2D eigenvalue weighted by Crippen LogP contribution is 2.33. The van der Waals surface area contributed by atoms with Crippen LogP contribution in [0.25, 0.3) is 11.3 Å². The summed E-state index contributed by atoms with van der Waals surface area (Å²) in [6, 6.07) is 10.0. The maximum absolute atomic E-state index is 12.7. The van der Waals surface area contributed by atoms with Gasteiger partial charge in [0.15, 0.2) is 0 Å². The van der Waals surface area contributed by atoms with Crippen LogP contribution in [-0.2, 0) is 20.8 Å². The van der Waals surface area contributed by atoms with Gasteiger partial charge in [0, 0.05) is 31.8 Å². The zero-order valence-corrected chi connectivity index (χ0v) is 16.9. The van der Waals surface area contributed by atoms with Crippen LogP contribution in [-0.4, -0.2) is 62.0 Å². The number of carbonyl (C=O) groups excluding carboxylic acids is 1. The van der Waals surface area contributed by atoms with Gasteiger partial charge < -0.3 is 23.8 Å². The lowest BCUT2D eigenvalue weighted by atomic mass is 10.1. The van der Waals surface area contributed by atoms with Gasteiger partial charge in [-0.3, -0.25) is 4.79 Å². The number of methoxy groups -OCH3 is 1. The van der Waals surface area contributed by atoms with Crippen molar-refractivity contribution in [2.75, 3.05) is 44.9 Å². The molecule has 1 aliphatic rings. The average Bonchev–Trinajstić information content (AvgIpc) is 3.16. The van der Waals surface area contributed by atoms with Crippen LogP contribution < -0.4 is 4.90 Å². The molecule has 7 heteroatoms. The monoisotopic (exact) mass is 387 g/mol. The lowest BCUT2D eigenvalue weighted by molar-refractivity contribution is -0.138. The van der Waals surface area contributed by atoms with Gasteiger partial charge in [-0.15, -0.1) is 0 Å². The average molecular weight is 387 g/mol. The number of anilines is 1. The smallest absolute Gasteiger partial charge is 0.249 e. The number of hydrogen-bond donors (Lipinski definition) is 0. The van der Waals surface area contributed by atoms with Gasteiger partial charge in [0.1, 0.15) is 12.3 Å². The second kappa shape index (κ2) is 9.71. The van der Waals surface area contributed by atoms with Crippen molar-refractivity contribution in [2.45, 2.75) is 32.9 Å². The maximum Gasteiger partial charge on any atom is 0.249 e. The van der Waals surface area contributed by atoms with Gasteiger partial charge in [-0.05, 0) is 13.3 Å². The molecule has 7 nitrogen and oxygen atoms in total. The summed E-state index contributed by atoms with van der Waals surface area (Å²) >= 11 is 0. The molecule has 2 heterocycles. The fourth-order valence-electron chi connectivity index (χ4n) is 3.37. The number of hydrogen-bond acceptors (Lipinski definition) is 6. The predicted octanol–water partition coefficient (Wildman–Crippen LogP) is 2.95. The molecule has 28 heavy (non-hydrogen) atoms. The van der Waals surface area contributed by atoms with Gasteiger partial charge in [-0.25, -0.2) is 0 Å². The van der Waals surface area contributed by atoms with Gasteiger partial charge >= 0.3 is 0 Å². The molecular formula is C21H29N3O4. The van der Waals surface area contributed by atoms with E-state index >= 15 is 0 Å². The van der Waals surface area contributed by atoms with E-state index in [9.17, 15) is 4.79 Å². The third kappa shape index (κ3) is 4.54. The second-order valence-electron chi connectivity index (χ2n) is 6.99. The lowest BCUT2D eigenvalue weighted by Gasteiger charge is -2.31. The van der Waals surface area contributed by atoms with Crippen LogP contribution in [0, 0.1) is 0 Å². The summed E-state index contributed by atoms with van der Waals surface area (Å²) < 4.78 is 16.4. The highest BCUT2D eigenvalue weighted by molar-refractivity contribution is 5.78. The topological polar surface area (TPSA) is 68.0 Å². The first kappa shape index (κ1) is 20.4. The second-order valence-corrected chi connectivity index (χ2v) is 6.99. The molecule has 0 N–H and O–H groups in total. The summed E-state index contributed by atoms with van der Waals surface area (Å²) in [7, 11) is 1.54. The van der Waals surface area contributed by atoms with Crippen molar-refractivity contribution in [1.82, 2.24) is 10.1 Å². The molecule has 1 atom stereocenters. The van der Waals surface area contributed by atoms with Crippen LogP contribution in [0.5, 0.6) is 0 Å². The molecule has 0 unspecified atom stereocenters. The largest absolute Gasteiger partial charge is 0.378 e. The number of carbonyl (C=O) groups is 1. The molecule has 3 rings (SSSR count). The van der Waals surface area contributed by atoms with E-state index in [-0.39, 0.29) is 18.6 Å². The summed E-state index contributed by atoms with van der Waals surface area (Å²) in [5.74, 6) is 0.686. The fourth-order valence-corrected chi connectivity index (χ4v) is 3.37. The van der Waals surface area contributed by atoms with Gasteiger partial charge in [0.2, 0.25) is 11.8 Å². The molecule has 0 bridgehead atoms. The van der Waals surface area contributed by atoms with E-state index in [1.807, 2.05) is 35.2 Å². The van der Waals surface area contributed by atoms with Crippen LogP contribution in [0.1, 0.15) is 25.8 Å². The molecule has 0 aliphatic carbocycles. The van der Waals surface area contributed by atoms with Crippen LogP contribution in [0.3, 0.4) is 0 Å². The fraction of sp³-hybridized carbons (Fsp3) is 0.524. The zero-order valence-electron chi connectivity index (χ0n) is 16.9. The number of rotatable bonds is 8. The van der Waals surface area contributed by atoms with Gasteiger partial charge in [-0.1, -0.05) is 42.4 Å². The Morgan fingerprint density at radius 3 is 2.64 bits per heavy atom. The molecule has 1 amide bonds. The van der Waals surface area contributed by atoms with Crippen LogP contribution in [0.2, 0.25) is 0 Å². The molecule has 1 aliphatic heterocycles. The molecule has 0 radical (unpaired) electrons. The third-order valence-corrected chi connectivity index (χ3v) is 5.15. The molecule has 1 fully saturated rings. The van der Waals surface area contributed by atoms with Crippen molar-refractivity contribution in [1.29, 1.82) is 0 Å². The minimum atomic E-state index is -0.0370. The standard InChI is InChI=1S/C21H29N3O4/c1-4-16(2)24(19(25)15-26-3)14-18-20(17-8-6-5-7-9-17)22-28-21(18)23-10-12-27-13-11-23/h5-9,16H,4,10-15H2,1-3H3/t16-/m1/s1. The van der Waals surface area contributed by atoms with Crippen molar-refractivity contribution >= 4 is 11.8 Å². The molecule has 0 spiro atoms. The summed E-state index contributed by atoms with van der Waals surface area (Å²) in [6.07, 6.45) is 0.855. The molecular weight excluding hydrogens is 358 g/mol. The number of nitrogens with zero attached hydrogens (tertiary/aromatic N) is 3. The van der Waals surface area contributed by atoms with E-state index in [1.54, 1.807) is 7.11 Å². The Labute approximate surface area is 166 Å². The Morgan fingerprint density at radius 2 is 2.00 bits per heavy atom. The van der Waals surface area contributed by atoms with Crippen molar-refractivity contribution in [3.8, 4) is 11.3 Å². The van der Waals surface area contributed by atoms with E-state index in [1.165, 1.54) is 0 Å². The van der Waals surface area contributed by atoms with E-state index < -0.39 is 0 Å². The summed E-state index contributed by atoms with van der Waals surface area (Å²) in [5, 5.41) is 4.38. The number of amides is 1. The van der Waals surface area contributed by atoms with Crippen molar-refractivity contribution in [3.63, 3.8) is 0 Å². The molecule has 1 saturated heterocycles. The van der Waals surface area contributed by atoms with Crippen molar-refractivity contribution in [3.05, 3.63) is 35.9 Å². The van der Waals surface area contributed by atoms with Crippen molar-refractivity contribution in [2.24, 2.45) is 0 Å². The zero-order chi connectivity index (χ0) is 19.9. The summed E-state index contributed by atoms with van der Waals surface area (Å²) in [5.41, 5.74) is 2.68. The van der Waals surface area contributed by atoms with E-state index in [4.69, 9.17) is 14.0 Å². The number of ether oxygens (including phenoxy) is 2. The minimum absolute atomic E-state index is 0.0370. The maximum atomic E-state index is 12.7. The van der Waals surface area contributed by atoms with E-state index in [0.717, 1.165) is 42.2 Å². The molecule has 2 aromatic rings. The normalized spacial score (nSPS) is 15.5. The highest BCUT2D eigenvalue weighted by atomic mass is 16.5. The predicted molar refractivity (Wildman–Crippen MR) is 107 cm³/mol. The minimum Gasteiger partial charge on any atom is -0.378 e. The van der Waals surface area contributed by atoms with Gasteiger partial charge in [-0.2, -0.15) is 0 Å². The molecule has 0 saturated carbocycles. The Morgan fingerprint density at radius 1 is 1.29 bits per heavy atom. The Bertz CT molecular complexity index is 756. The summed E-state index contributed by atoms with van der Waals surface area (Å²) in [6.45, 7) is 7.40. The lowest BCUT2D eigenvalue weighted by Crippen LogP contribution is -2.41. The number of aromatic nitrogens is 1. The third-order valence-electron chi connectivity index (χ3n) is 5.15. The Balaban J connectivity index is 1.99. The highest BCUT2D eigenvalue weighted by Gasteiger charge is 2.28. The number of morpholine rings is 1. The first-order valence-corrected chi connectivity index (χ1v) is 9.80. The number of benzene rings is 1. The SMILES string of the molecule is CC[C@@H](C)N(Cc1c(-c2ccccc2)noc1N1CCOCC1)C(=O)COC. The first-order chi connectivity index (χ1) is 13.7. The Hall–Kier alpha value is -2.38. The van der Waals surface area contributed by atoms with Crippen LogP contribution in [0.4, 0.5) is 5.88 Å². The molecule has 1 aromatic heterocycles. The van der Waals surface area contributed by atoms with Crippen LogP contribution >= 0.6 is 0 Å².